The van der Waals surface area contributed by atoms with Crippen LogP contribution >= 0.6 is 11.8 Å². The van der Waals surface area contributed by atoms with Crippen LogP contribution in [0.4, 0.5) is 0 Å². The number of thioether (sulfide) groups is 1. The number of carbonyl (C=O) groups excluding carboxylic acids is 2. The van der Waals surface area contributed by atoms with E-state index in [4.69, 9.17) is 4.74 Å². The summed E-state index contributed by atoms with van der Waals surface area (Å²) in [5, 5.41) is 2.82. The van der Waals surface area contributed by atoms with Crippen LogP contribution in [0.25, 0.3) is 0 Å². The molecule has 0 bridgehead atoms. The molecule has 0 aliphatic carbocycles. The quantitative estimate of drug-likeness (QED) is 0.669. The van der Waals surface area contributed by atoms with Gasteiger partial charge in [-0.1, -0.05) is 30.3 Å². The number of likely N-dealkylation sites (tertiary alicyclic amines) is 1. The van der Waals surface area contributed by atoms with Gasteiger partial charge in [0.2, 0.25) is 11.8 Å². The first-order chi connectivity index (χ1) is 14.1. The van der Waals surface area contributed by atoms with Crippen LogP contribution in [0.3, 0.4) is 0 Å². The van der Waals surface area contributed by atoms with Crippen molar-refractivity contribution in [2.45, 2.75) is 43.7 Å². The summed E-state index contributed by atoms with van der Waals surface area (Å²) in [7, 11) is 0. The van der Waals surface area contributed by atoms with Crippen LogP contribution in [0.1, 0.15) is 31.7 Å². The van der Waals surface area contributed by atoms with Crippen LogP contribution in [0.15, 0.2) is 59.5 Å². The van der Waals surface area contributed by atoms with Gasteiger partial charge in [0.1, 0.15) is 18.4 Å². The lowest BCUT2D eigenvalue weighted by molar-refractivity contribution is -0.136. The number of rotatable bonds is 8. The fourth-order valence-electron chi connectivity index (χ4n) is 3.31. The molecule has 2 aromatic carbocycles. The van der Waals surface area contributed by atoms with E-state index in [-0.39, 0.29) is 11.8 Å². The molecule has 1 saturated heterocycles. The topological polar surface area (TPSA) is 58.6 Å². The van der Waals surface area contributed by atoms with Gasteiger partial charge in [-0.2, -0.15) is 0 Å². The first kappa shape index (κ1) is 21.2. The van der Waals surface area contributed by atoms with E-state index in [0.717, 1.165) is 42.1 Å². The Hall–Kier alpha value is -2.47. The largest absolute Gasteiger partial charge is 0.489 e. The Bertz CT molecular complexity index is 790. The van der Waals surface area contributed by atoms with Crippen LogP contribution in [-0.4, -0.2) is 41.6 Å². The third-order valence-electron chi connectivity index (χ3n) is 4.83. The molecule has 1 fully saturated rings. The molecule has 3 rings (SSSR count). The fourth-order valence-corrected chi connectivity index (χ4v) is 4.22. The minimum atomic E-state index is -0.496. The van der Waals surface area contributed by atoms with Crippen LogP contribution in [0.2, 0.25) is 0 Å². The standard InChI is InChI=1S/C23H28N2O3S/c1-18(26)24-22(23(27)25-14-6-3-7-15-25)17-29-21-12-10-20(11-13-21)28-16-19-8-4-2-5-9-19/h2,4-5,8-13,22H,3,6-7,14-17H2,1H3,(H,24,26). The van der Waals surface area contributed by atoms with Crippen molar-refractivity contribution in [2.24, 2.45) is 0 Å². The molecule has 2 aromatic rings. The Morgan fingerprint density at radius 1 is 1.03 bits per heavy atom. The van der Waals surface area contributed by atoms with E-state index in [1.165, 1.54) is 13.3 Å². The number of amides is 2. The lowest BCUT2D eigenvalue weighted by atomic mass is 10.1. The van der Waals surface area contributed by atoms with Gasteiger partial charge in [0.15, 0.2) is 0 Å². The van der Waals surface area contributed by atoms with E-state index in [1.54, 1.807) is 11.8 Å². The van der Waals surface area contributed by atoms with E-state index >= 15 is 0 Å². The number of carbonyl (C=O) groups is 2. The molecule has 154 valence electrons. The highest BCUT2D eigenvalue weighted by Gasteiger charge is 2.26. The number of benzene rings is 2. The third kappa shape index (κ3) is 6.82. The summed E-state index contributed by atoms with van der Waals surface area (Å²) in [5.41, 5.74) is 1.13. The SMILES string of the molecule is CC(=O)NC(CSc1ccc(OCc2ccccc2)cc1)C(=O)N1CCCCC1. The molecule has 6 heteroatoms. The highest BCUT2D eigenvalue weighted by molar-refractivity contribution is 7.99. The Kier molecular flexibility index (Phi) is 7.99. The minimum Gasteiger partial charge on any atom is -0.489 e. The Labute approximate surface area is 176 Å². The smallest absolute Gasteiger partial charge is 0.246 e. The Morgan fingerprint density at radius 3 is 2.38 bits per heavy atom. The van der Waals surface area contributed by atoms with Gasteiger partial charge < -0.3 is 15.0 Å². The number of hydrogen-bond donors (Lipinski definition) is 1. The van der Waals surface area contributed by atoms with Crippen molar-refractivity contribution in [3.05, 3.63) is 60.2 Å². The summed E-state index contributed by atoms with van der Waals surface area (Å²) >= 11 is 1.57. The Morgan fingerprint density at radius 2 is 1.72 bits per heavy atom. The summed E-state index contributed by atoms with van der Waals surface area (Å²) in [6.45, 7) is 3.56. The van der Waals surface area contributed by atoms with Gasteiger partial charge in [-0.05, 0) is 49.1 Å². The van der Waals surface area contributed by atoms with Crippen molar-refractivity contribution in [3.8, 4) is 5.75 Å². The molecule has 0 spiro atoms. The average molecular weight is 413 g/mol. The summed E-state index contributed by atoms with van der Waals surface area (Å²) < 4.78 is 5.82. The second-order valence-electron chi connectivity index (χ2n) is 7.20. The molecule has 1 N–H and O–H groups in total. The molecular weight excluding hydrogens is 384 g/mol. The van der Waals surface area contributed by atoms with Crippen molar-refractivity contribution in [1.29, 1.82) is 0 Å². The van der Waals surface area contributed by atoms with E-state index in [2.05, 4.69) is 5.32 Å². The predicted molar refractivity (Wildman–Crippen MR) is 116 cm³/mol. The predicted octanol–water partition coefficient (Wildman–Crippen LogP) is 3.87. The zero-order valence-electron chi connectivity index (χ0n) is 16.8. The van der Waals surface area contributed by atoms with E-state index in [9.17, 15) is 9.59 Å². The molecule has 2 amide bonds. The van der Waals surface area contributed by atoms with Gasteiger partial charge in [-0.3, -0.25) is 9.59 Å². The first-order valence-corrected chi connectivity index (χ1v) is 11.1. The highest BCUT2D eigenvalue weighted by Crippen LogP contribution is 2.23. The van der Waals surface area contributed by atoms with Gasteiger partial charge in [0.05, 0.1) is 0 Å². The maximum Gasteiger partial charge on any atom is 0.246 e. The van der Waals surface area contributed by atoms with Crippen molar-refractivity contribution >= 4 is 23.6 Å². The molecule has 0 aromatic heterocycles. The summed E-state index contributed by atoms with van der Waals surface area (Å²) in [6.07, 6.45) is 3.24. The number of nitrogens with zero attached hydrogens (tertiary/aromatic N) is 1. The van der Waals surface area contributed by atoms with Gasteiger partial charge >= 0.3 is 0 Å². The lowest BCUT2D eigenvalue weighted by Crippen LogP contribution is -2.50. The maximum absolute atomic E-state index is 12.8. The molecule has 29 heavy (non-hydrogen) atoms. The fraction of sp³-hybridized carbons (Fsp3) is 0.391. The zero-order valence-corrected chi connectivity index (χ0v) is 17.6. The first-order valence-electron chi connectivity index (χ1n) is 10.1. The Balaban J connectivity index is 1.53. The summed E-state index contributed by atoms with van der Waals surface area (Å²) in [6, 6.07) is 17.4. The van der Waals surface area contributed by atoms with Crippen molar-refractivity contribution in [3.63, 3.8) is 0 Å². The van der Waals surface area contributed by atoms with Gasteiger partial charge in [0.25, 0.3) is 0 Å². The summed E-state index contributed by atoms with van der Waals surface area (Å²) in [4.78, 5) is 27.3. The van der Waals surface area contributed by atoms with Gasteiger partial charge in [-0.25, -0.2) is 0 Å². The number of piperidine rings is 1. The van der Waals surface area contributed by atoms with Crippen molar-refractivity contribution < 1.29 is 14.3 Å². The molecule has 0 saturated carbocycles. The minimum absolute atomic E-state index is 0.0233. The van der Waals surface area contributed by atoms with Gasteiger partial charge in [-0.15, -0.1) is 11.8 Å². The zero-order chi connectivity index (χ0) is 20.5. The second kappa shape index (κ2) is 10.9. The highest BCUT2D eigenvalue weighted by atomic mass is 32.2. The average Bonchev–Trinajstić information content (AvgIpc) is 2.76. The summed E-state index contributed by atoms with van der Waals surface area (Å²) in [5.74, 6) is 1.17. The molecule has 1 heterocycles. The molecule has 0 radical (unpaired) electrons. The number of ether oxygens (including phenoxy) is 1. The molecule has 1 aliphatic heterocycles. The molecule has 1 unspecified atom stereocenters. The monoisotopic (exact) mass is 412 g/mol. The number of hydrogen-bond acceptors (Lipinski definition) is 4. The van der Waals surface area contributed by atoms with Crippen LogP contribution < -0.4 is 10.1 Å². The third-order valence-corrected chi connectivity index (χ3v) is 5.94. The van der Waals surface area contributed by atoms with Crippen LogP contribution in [0.5, 0.6) is 5.75 Å². The maximum atomic E-state index is 12.8. The molecular formula is C23H28N2O3S. The van der Waals surface area contributed by atoms with Crippen LogP contribution in [0, 0.1) is 0 Å². The molecule has 5 nitrogen and oxygen atoms in total. The van der Waals surface area contributed by atoms with E-state index in [0.29, 0.717) is 12.4 Å². The second-order valence-corrected chi connectivity index (χ2v) is 8.29. The number of nitrogens with one attached hydrogen (secondary N) is 1. The molecule has 1 atom stereocenters. The molecule has 1 aliphatic rings. The van der Waals surface area contributed by atoms with Crippen LogP contribution in [-0.2, 0) is 16.2 Å². The van der Waals surface area contributed by atoms with Crippen molar-refractivity contribution in [2.75, 3.05) is 18.8 Å². The normalized spacial score (nSPS) is 14.9. The lowest BCUT2D eigenvalue weighted by Gasteiger charge is -2.30. The van der Waals surface area contributed by atoms with E-state index in [1.807, 2.05) is 59.5 Å². The van der Waals surface area contributed by atoms with Crippen molar-refractivity contribution in [1.82, 2.24) is 10.2 Å². The van der Waals surface area contributed by atoms with Gasteiger partial charge in [0, 0.05) is 30.7 Å². The van der Waals surface area contributed by atoms with E-state index < -0.39 is 6.04 Å².